The second-order valence-corrected chi connectivity index (χ2v) is 20.7. The number of amides is 4. The Balaban J connectivity index is 0.849. The Morgan fingerprint density at radius 1 is 0.575 bits per heavy atom. The summed E-state index contributed by atoms with van der Waals surface area (Å²) in [5.41, 5.74) is 9.74. The van der Waals surface area contributed by atoms with E-state index in [1.165, 1.54) is 37.8 Å². The van der Waals surface area contributed by atoms with Crippen LogP contribution in [0.4, 0.5) is 32.3 Å². The number of hydrogen-bond acceptors (Lipinski definition) is 11. The minimum Gasteiger partial charge on any atom is -0.369 e. The van der Waals surface area contributed by atoms with Crippen LogP contribution in [0.5, 0.6) is 0 Å². The highest BCUT2D eigenvalue weighted by Crippen LogP contribution is 2.43. The quantitative estimate of drug-likeness (QED) is 0.0951. The van der Waals surface area contributed by atoms with Crippen molar-refractivity contribution in [2.45, 2.75) is 75.5 Å². The number of likely N-dealkylation sites (tertiary alicyclic amines) is 1. The third-order valence-corrected chi connectivity index (χ3v) is 15.4. The minimum absolute atomic E-state index is 0.0526. The van der Waals surface area contributed by atoms with Crippen molar-refractivity contribution in [3.63, 3.8) is 0 Å². The van der Waals surface area contributed by atoms with E-state index in [0.29, 0.717) is 74.5 Å². The number of nitrogens with two attached hydrogens (primary N) is 2. The molecular weight excluding hydrogens is 1040 g/mol. The number of aromatic nitrogens is 2. The van der Waals surface area contributed by atoms with Crippen molar-refractivity contribution in [1.29, 1.82) is 0 Å². The highest BCUT2D eigenvalue weighted by molar-refractivity contribution is 6.09. The first-order valence-corrected chi connectivity index (χ1v) is 26.3. The third-order valence-electron chi connectivity index (χ3n) is 15.4. The van der Waals surface area contributed by atoms with Crippen molar-refractivity contribution in [3.8, 4) is 0 Å². The monoisotopic (exact) mass is 1100 g/mol. The van der Waals surface area contributed by atoms with Crippen molar-refractivity contribution in [2.75, 3.05) is 44.2 Å². The average molecular weight is 1100 g/mol. The molecule has 2 saturated heterocycles. The van der Waals surface area contributed by atoms with Crippen LogP contribution in [0.3, 0.4) is 0 Å². The molecule has 0 radical (unpaired) electrons. The molecule has 0 spiro atoms. The van der Waals surface area contributed by atoms with Gasteiger partial charge >= 0.3 is 12.4 Å². The Kier molecular flexibility index (Phi) is 15.0. The lowest BCUT2D eigenvalue weighted by molar-refractivity contribution is -0.138. The summed E-state index contributed by atoms with van der Waals surface area (Å²) >= 11 is 0. The molecular formula is C59H57F6N11O4. The summed E-state index contributed by atoms with van der Waals surface area (Å²) in [6, 6.07) is 33.3. The van der Waals surface area contributed by atoms with E-state index in [2.05, 4.69) is 9.97 Å². The number of piperazine rings is 1. The third kappa shape index (κ3) is 10.7. The molecule has 21 heteroatoms. The molecule has 0 bridgehead atoms. The van der Waals surface area contributed by atoms with Crippen LogP contribution in [0.25, 0.3) is 0 Å². The first kappa shape index (κ1) is 54.7. The molecule has 3 atom stereocenters. The number of benzene rings is 5. The van der Waals surface area contributed by atoms with Crippen LogP contribution in [0, 0.1) is 5.92 Å². The lowest BCUT2D eigenvalue weighted by Gasteiger charge is -2.35. The normalized spacial score (nSPS) is 20.1. The van der Waals surface area contributed by atoms with Gasteiger partial charge in [0.2, 0.25) is 5.95 Å². The zero-order valence-electron chi connectivity index (χ0n) is 43.6. The van der Waals surface area contributed by atoms with Crippen molar-refractivity contribution >= 4 is 41.5 Å². The summed E-state index contributed by atoms with van der Waals surface area (Å²) in [4.78, 5) is 82.2. The summed E-state index contributed by atoms with van der Waals surface area (Å²) in [5, 5.41) is 0. The number of guanidine groups is 2. The van der Waals surface area contributed by atoms with Crippen LogP contribution in [-0.4, -0.2) is 104 Å². The number of hydrogen-bond donors (Lipinski definition) is 2. The number of carbonyl (C=O) groups excluding carboxylic acids is 4. The largest absolute Gasteiger partial charge is 0.417 e. The van der Waals surface area contributed by atoms with Gasteiger partial charge in [-0.25, -0.2) is 20.0 Å². The van der Waals surface area contributed by atoms with E-state index in [9.17, 15) is 45.5 Å². The molecule has 414 valence electrons. The maximum Gasteiger partial charge on any atom is 0.417 e. The van der Waals surface area contributed by atoms with Crippen molar-refractivity contribution in [1.82, 2.24) is 29.6 Å². The molecule has 10 rings (SSSR count). The van der Waals surface area contributed by atoms with Gasteiger partial charge in [0.1, 0.15) is 0 Å². The second kappa shape index (κ2) is 21.9. The summed E-state index contributed by atoms with van der Waals surface area (Å²) in [7, 11) is 0. The Morgan fingerprint density at radius 3 is 1.59 bits per heavy atom. The van der Waals surface area contributed by atoms with E-state index in [1.807, 2.05) is 24.0 Å². The molecule has 5 aromatic carbocycles. The van der Waals surface area contributed by atoms with Gasteiger partial charge in [-0.05, 0) is 102 Å². The second-order valence-electron chi connectivity index (χ2n) is 20.7. The SMILES string of the molecule is CC(CCC1(c2ccccc2)N=C(N)N(Cc2ccc(C(F)(F)F)c(C(=O)N3CCCC3)c2)C1=O)Cc1ccc(C2(c3ccccc3)N=C(N)N(Cc3ccc(C(F)(F)F)c(C(=O)N4CCN(c5ncccn5)CC4)c3)C2=O)cc1. The molecule has 3 unspecified atom stereocenters. The number of nitrogens with zero attached hydrogens (tertiary/aromatic N) is 9. The van der Waals surface area contributed by atoms with E-state index >= 15 is 0 Å². The van der Waals surface area contributed by atoms with Crippen LogP contribution >= 0.6 is 0 Å². The number of carbonyl (C=O) groups is 4. The molecule has 0 aliphatic carbocycles. The van der Waals surface area contributed by atoms with Crippen molar-refractivity contribution < 1.29 is 45.5 Å². The maximum atomic E-state index is 15.0. The van der Waals surface area contributed by atoms with Gasteiger partial charge in [0, 0.05) is 51.7 Å². The Morgan fingerprint density at radius 2 is 1.05 bits per heavy atom. The molecule has 15 nitrogen and oxygen atoms in total. The Bertz CT molecular complexity index is 3350. The van der Waals surface area contributed by atoms with E-state index in [-0.39, 0.29) is 61.6 Å². The fourth-order valence-electron chi connectivity index (χ4n) is 11.2. The zero-order valence-corrected chi connectivity index (χ0v) is 43.6. The van der Waals surface area contributed by atoms with Crippen molar-refractivity contribution in [2.24, 2.45) is 27.4 Å². The molecule has 80 heavy (non-hydrogen) atoms. The Hall–Kier alpha value is -8.62. The number of rotatable bonds is 15. The summed E-state index contributed by atoms with van der Waals surface area (Å²) < 4.78 is 86.2. The zero-order chi connectivity index (χ0) is 56.6. The van der Waals surface area contributed by atoms with Crippen LogP contribution in [0.15, 0.2) is 150 Å². The van der Waals surface area contributed by atoms with Crippen molar-refractivity contribution in [3.05, 3.63) is 195 Å². The van der Waals surface area contributed by atoms with E-state index in [1.54, 1.807) is 91.3 Å². The van der Waals surface area contributed by atoms with Gasteiger partial charge in [-0.2, -0.15) is 26.3 Å². The molecule has 4 N–H and O–H groups in total. The highest BCUT2D eigenvalue weighted by Gasteiger charge is 2.52. The van der Waals surface area contributed by atoms with Gasteiger partial charge in [0.15, 0.2) is 23.0 Å². The van der Waals surface area contributed by atoms with Crippen LogP contribution in [0.2, 0.25) is 0 Å². The number of aliphatic imine (C=N–C) groups is 2. The number of halogens is 6. The van der Waals surface area contributed by atoms with E-state index < -0.39 is 69.3 Å². The smallest absolute Gasteiger partial charge is 0.369 e. The molecule has 1 aromatic heterocycles. The van der Waals surface area contributed by atoms with Gasteiger partial charge in [0.05, 0.1) is 35.3 Å². The summed E-state index contributed by atoms with van der Waals surface area (Å²) in [5.74, 6) is -2.41. The average Bonchev–Trinajstić information content (AvgIpc) is 4.20. The van der Waals surface area contributed by atoms with E-state index in [4.69, 9.17) is 21.5 Å². The first-order valence-electron chi connectivity index (χ1n) is 26.3. The summed E-state index contributed by atoms with van der Waals surface area (Å²) in [6.45, 7) is 3.11. The lowest BCUT2D eigenvalue weighted by atomic mass is 9.81. The number of alkyl halides is 6. The molecule has 2 fully saturated rings. The van der Waals surface area contributed by atoms with Gasteiger partial charge in [0.25, 0.3) is 23.6 Å². The molecule has 5 heterocycles. The van der Waals surface area contributed by atoms with Gasteiger partial charge in [-0.1, -0.05) is 104 Å². The fourth-order valence-corrected chi connectivity index (χ4v) is 11.2. The van der Waals surface area contributed by atoms with E-state index in [0.717, 1.165) is 23.8 Å². The number of anilines is 1. The molecule has 6 aromatic rings. The summed E-state index contributed by atoms with van der Waals surface area (Å²) in [6.07, 6.45) is -3.85. The molecule has 4 aliphatic heterocycles. The molecule has 4 amide bonds. The minimum atomic E-state index is -4.85. The van der Waals surface area contributed by atoms with Gasteiger partial charge in [-0.3, -0.25) is 29.0 Å². The Labute approximate surface area is 457 Å². The maximum absolute atomic E-state index is 15.0. The standard InChI is InChI=1S/C59H57F6N11O4/c1-38(23-24-56(42-11-4-2-5-12-42)51(79)75(53(66)70-56)36-40-17-21-47(58(60,61)62)45(34-40)49(77)72-27-8-9-28-72)33-39-15-19-44(20-16-39)57(43-13-6-3-7-14-43)52(80)76(54(67)71-57)37-41-18-22-48(59(63,64)65)46(35-41)50(78)73-29-31-74(32-30-73)55-68-25-10-26-69-55/h2-7,10-22,25-26,34-35,38H,8-9,23-24,27-33,36-37H2,1H3,(H2,66,70)(H2,67,71). The predicted molar refractivity (Wildman–Crippen MR) is 286 cm³/mol. The van der Waals surface area contributed by atoms with Crippen LogP contribution in [-0.2, 0) is 52.5 Å². The van der Waals surface area contributed by atoms with Crippen LogP contribution in [0.1, 0.15) is 97.8 Å². The molecule has 0 saturated carbocycles. The molecule has 4 aliphatic rings. The van der Waals surface area contributed by atoms with Gasteiger partial charge < -0.3 is 26.2 Å². The lowest BCUT2D eigenvalue weighted by Crippen LogP contribution is -2.49. The van der Waals surface area contributed by atoms with Crippen LogP contribution < -0.4 is 16.4 Å². The van der Waals surface area contributed by atoms with Gasteiger partial charge in [-0.15, -0.1) is 0 Å². The predicted octanol–water partition coefficient (Wildman–Crippen LogP) is 8.52. The highest BCUT2D eigenvalue weighted by atomic mass is 19.4. The topological polar surface area (TPSA) is 187 Å². The fraction of sp³-hybridized carbons (Fsp3) is 0.322. The first-order chi connectivity index (χ1) is 38.3.